The lowest BCUT2D eigenvalue weighted by atomic mass is 9.93. The minimum absolute atomic E-state index is 0.00623. The van der Waals surface area contributed by atoms with E-state index in [4.69, 9.17) is 22.6 Å². The standard InChI is InChI=1S/C28H32O9S2/c1-18(2)14-15-35-24-13-10-21(17-25(24)33-4)26-19(3)16-23(27(34-5)28(26)37-39(7,31)32)20-8-11-22(12-9-20)36-38(6,29)30/h8-14,16-17H,15H2,1-7H3. The summed E-state index contributed by atoms with van der Waals surface area (Å²) in [6, 6.07) is 13.4. The van der Waals surface area contributed by atoms with Crippen LogP contribution in [0.15, 0.2) is 60.2 Å². The summed E-state index contributed by atoms with van der Waals surface area (Å²) in [5, 5.41) is 0. The van der Waals surface area contributed by atoms with Crippen molar-refractivity contribution >= 4 is 20.2 Å². The van der Waals surface area contributed by atoms with Crippen LogP contribution in [0, 0.1) is 6.92 Å². The molecular formula is C28H32O9S2. The number of allylic oxidation sites excluding steroid dienone is 1. The molecule has 39 heavy (non-hydrogen) atoms. The van der Waals surface area contributed by atoms with Gasteiger partial charge in [-0.3, -0.25) is 0 Å². The van der Waals surface area contributed by atoms with Crippen molar-refractivity contribution in [3.63, 3.8) is 0 Å². The Kier molecular flexibility index (Phi) is 9.18. The van der Waals surface area contributed by atoms with E-state index in [1.54, 1.807) is 30.3 Å². The quantitative estimate of drug-likeness (QED) is 0.220. The molecule has 210 valence electrons. The molecular weight excluding hydrogens is 544 g/mol. The monoisotopic (exact) mass is 576 g/mol. The first-order valence-electron chi connectivity index (χ1n) is 11.8. The summed E-state index contributed by atoms with van der Waals surface area (Å²) in [6.45, 7) is 6.14. The van der Waals surface area contributed by atoms with Gasteiger partial charge in [0, 0.05) is 11.1 Å². The van der Waals surface area contributed by atoms with Crippen LogP contribution in [0.1, 0.15) is 19.4 Å². The van der Waals surface area contributed by atoms with Crippen molar-refractivity contribution in [2.75, 3.05) is 33.3 Å². The van der Waals surface area contributed by atoms with Crippen molar-refractivity contribution < 1.29 is 39.4 Å². The molecule has 9 nitrogen and oxygen atoms in total. The van der Waals surface area contributed by atoms with E-state index in [2.05, 4.69) is 0 Å². The Bertz CT molecular complexity index is 1580. The van der Waals surface area contributed by atoms with Gasteiger partial charge in [-0.15, -0.1) is 0 Å². The van der Waals surface area contributed by atoms with Crippen LogP contribution >= 0.6 is 0 Å². The van der Waals surface area contributed by atoms with E-state index in [1.807, 2.05) is 32.9 Å². The van der Waals surface area contributed by atoms with Gasteiger partial charge in [0.1, 0.15) is 12.4 Å². The Morgan fingerprint density at radius 2 is 1.38 bits per heavy atom. The van der Waals surface area contributed by atoms with E-state index >= 15 is 0 Å². The molecule has 0 amide bonds. The Balaban J connectivity index is 2.19. The van der Waals surface area contributed by atoms with Crippen LogP contribution in [0.4, 0.5) is 0 Å². The van der Waals surface area contributed by atoms with E-state index in [1.165, 1.54) is 26.4 Å². The van der Waals surface area contributed by atoms with Gasteiger partial charge < -0.3 is 22.6 Å². The van der Waals surface area contributed by atoms with Crippen LogP contribution in [0.2, 0.25) is 0 Å². The smallest absolute Gasteiger partial charge is 0.306 e. The fourth-order valence-corrected chi connectivity index (χ4v) is 4.80. The number of benzene rings is 3. The third-order valence-electron chi connectivity index (χ3n) is 5.47. The third-order valence-corrected chi connectivity index (χ3v) is 6.43. The topological polar surface area (TPSA) is 114 Å². The first kappa shape index (κ1) is 29.9. The predicted octanol–water partition coefficient (Wildman–Crippen LogP) is 5.37. The molecule has 0 fully saturated rings. The lowest BCUT2D eigenvalue weighted by molar-refractivity contribution is 0.326. The number of rotatable bonds is 11. The molecule has 0 saturated heterocycles. The highest BCUT2D eigenvalue weighted by Crippen LogP contribution is 2.48. The van der Waals surface area contributed by atoms with Gasteiger partial charge in [0.05, 0.1) is 26.7 Å². The third kappa shape index (κ3) is 7.90. The summed E-state index contributed by atoms with van der Waals surface area (Å²) in [5.41, 5.74) is 4.10. The van der Waals surface area contributed by atoms with E-state index in [9.17, 15) is 16.8 Å². The number of methoxy groups -OCH3 is 2. The van der Waals surface area contributed by atoms with Crippen LogP contribution in [0.5, 0.6) is 28.7 Å². The zero-order valence-corrected chi connectivity index (χ0v) is 24.5. The van der Waals surface area contributed by atoms with Crippen LogP contribution in [0.3, 0.4) is 0 Å². The minimum atomic E-state index is -3.96. The molecule has 0 unspecified atom stereocenters. The van der Waals surface area contributed by atoms with Crippen LogP contribution < -0.4 is 22.6 Å². The van der Waals surface area contributed by atoms with E-state index in [0.717, 1.165) is 18.1 Å². The Morgan fingerprint density at radius 3 is 1.92 bits per heavy atom. The largest absolute Gasteiger partial charge is 0.493 e. The summed E-state index contributed by atoms with van der Waals surface area (Å²) in [6.07, 6.45) is 3.85. The minimum Gasteiger partial charge on any atom is -0.493 e. The van der Waals surface area contributed by atoms with Crippen molar-refractivity contribution in [1.29, 1.82) is 0 Å². The van der Waals surface area contributed by atoms with Crippen molar-refractivity contribution in [3.8, 4) is 51.0 Å². The Morgan fingerprint density at radius 1 is 0.769 bits per heavy atom. The molecule has 0 aliphatic rings. The first-order valence-corrected chi connectivity index (χ1v) is 15.4. The lowest BCUT2D eigenvalue weighted by Gasteiger charge is -2.21. The fourth-order valence-electron chi connectivity index (χ4n) is 3.88. The SMILES string of the molecule is COc1cc(-c2c(C)cc(-c3ccc(OS(C)(=O)=O)cc3)c(OC)c2OS(C)(=O)=O)ccc1OCC=C(C)C. The summed E-state index contributed by atoms with van der Waals surface area (Å²) in [7, 11) is -4.71. The van der Waals surface area contributed by atoms with E-state index in [0.29, 0.717) is 45.9 Å². The van der Waals surface area contributed by atoms with Crippen LogP contribution in [-0.4, -0.2) is 50.2 Å². The molecule has 0 bridgehead atoms. The molecule has 0 saturated carbocycles. The summed E-state index contributed by atoms with van der Waals surface area (Å²) < 4.78 is 75.1. The zero-order valence-electron chi connectivity index (χ0n) is 22.9. The molecule has 0 aliphatic heterocycles. The van der Waals surface area contributed by atoms with E-state index in [-0.39, 0.29) is 17.2 Å². The molecule has 0 aliphatic carbocycles. The Hall–Kier alpha value is -3.70. The second-order valence-corrected chi connectivity index (χ2v) is 12.2. The fraction of sp³-hybridized carbons (Fsp3) is 0.286. The zero-order chi connectivity index (χ0) is 29.0. The highest BCUT2D eigenvalue weighted by Gasteiger charge is 2.25. The predicted molar refractivity (Wildman–Crippen MR) is 151 cm³/mol. The second-order valence-electron chi connectivity index (χ2n) is 9.04. The normalized spacial score (nSPS) is 11.5. The van der Waals surface area contributed by atoms with Crippen molar-refractivity contribution in [3.05, 3.63) is 65.7 Å². The van der Waals surface area contributed by atoms with Gasteiger partial charge in [0.15, 0.2) is 23.0 Å². The number of hydrogen-bond acceptors (Lipinski definition) is 9. The molecule has 0 N–H and O–H groups in total. The van der Waals surface area contributed by atoms with Gasteiger partial charge >= 0.3 is 20.2 Å². The van der Waals surface area contributed by atoms with Gasteiger partial charge in [0.25, 0.3) is 0 Å². The van der Waals surface area contributed by atoms with Gasteiger partial charge in [-0.05, 0) is 73.9 Å². The molecule has 0 radical (unpaired) electrons. The van der Waals surface area contributed by atoms with Gasteiger partial charge in [-0.2, -0.15) is 16.8 Å². The summed E-state index contributed by atoms with van der Waals surface area (Å²) in [5.74, 6) is 1.32. The lowest BCUT2D eigenvalue weighted by Crippen LogP contribution is -2.09. The average molecular weight is 577 g/mol. The maximum atomic E-state index is 12.3. The maximum absolute atomic E-state index is 12.3. The number of hydrogen-bond donors (Lipinski definition) is 0. The average Bonchev–Trinajstić information content (AvgIpc) is 2.82. The van der Waals surface area contributed by atoms with Crippen LogP contribution in [0.25, 0.3) is 22.3 Å². The molecule has 3 aromatic rings. The Labute approximate surface area is 230 Å². The van der Waals surface area contributed by atoms with Gasteiger partial charge in [-0.1, -0.05) is 23.8 Å². The highest BCUT2D eigenvalue weighted by atomic mass is 32.2. The van der Waals surface area contributed by atoms with Crippen molar-refractivity contribution in [1.82, 2.24) is 0 Å². The van der Waals surface area contributed by atoms with Crippen molar-refractivity contribution in [2.45, 2.75) is 20.8 Å². The molecule has 0 aromatic heterocycles. The molecule has 11 heteroatoms. The maximum Gasteiger partial charge on any atom is 0.306 e. The van der Waals surface area contributed by atoms with Crippen LogP contribution in [-0.2, 0) is 20.2 Å². The number of ether oxygens (including phenoxy) is 3. The highest BCUT2D eigenvalue weighted by molar-refractivity contribution is 7.86. The molecule has 0 heterocycles. The summed E-state index contributed by atoms with van der Waals surface area (Å²) >= 11 is 0. The molecule has 3 aromatic carbocycles. The van der Waals surface area contributed by atoms with Gasteiger partial charge in [0.2, 0.25) is 0 Å². The van der Waals surface area contributed by atoms with Crippen molar-refractivity contribution in [2.24, 2.45) is 0 Å². The molecule has 0 spiro atoms. The number of aryl methyl sites for hydroxylation is 1. The summed E-state index contributed by atoms with van der Waals surface area (Å²) in [4.78, 5) is 0. The second kappa shape index (κ2) is 12.0. The molecule has 0 atom stereocenters. The van der Waals surface area contributed by atoms with Gasteiger partial charge in [-0.25, -0.2) is 0 Å². The molecule has 3 rings (SSSR count). The first-order chi connectivity index (χ1) is 18.2. The van der Waals surface area contributed by atoms with E-state index < -0.39 is 20.2 Å².